The highest BCUT2D eigenvalue weighted by molar-refractivity contribution is 5.37. The van der Waals surface area contributed by atoms with E-state index in [0.717, 1.165) is 6.54 Å². The van der Waals surface area contributed by atoms with E-state index in [9.17, 15) is 0 Å². The molecule has 0 aromatic heterocycles. The van der Waals surface area contributed by atoms with Crippen molar-refractivity contribution in [2.45, 2.75) is 66.3 Å². The number of rotatable bonds is 7. The minimum absolute atomic E-state index is 0.617. The van der Waals surface area contributed by atoms with E-state index >= 15 is 0 Å². The first-order valence-electron chi connectivity index (χ1n) is 7.31. The molecule has 1 nitrogen and oxygen atoms in total. The van der Waals surface area contributed by atoms with Gasteiger partial charge in [0.25, 0.3) is 0 Å². The summed E-state index contributed by atoms with van der Waals surface area (Å²) in [7, 11) is 0. The average Bonchev–Trinajstić information content (AvgIpc) is 2.25. The summed E-state index contributed by atoms with van der Waals surface area (Å²) in [5, 5.41) is 3.47. The quantitative estimate of drug-likeness (QED) is 0.707. The van der Waals surface area contributed by atoms with Crippen molar-refractivity contribution >= 4 is 0 Å². The molecule has 0 aliphatic heterocycles. The number of aryl methyl sites for hydroxylation is 3. The molecule has 0 fully saturated rings. The Kier molecular flexibility index (Phi) is 6.42. The molecule has 0 amide bonds. The molecular weight excluding hydrogens is 218 g/mol. The molecule has 0 unspecified atom stereocenters. The van der Waals surface area contributed by atoms with Gasteiger partial charge in [0, 0.05) is 6.04 Å². The van der Waals surface area contributed by atoms with Crippen LogP contribution in [0.5, 0.6) is 0 Å². The summed E-state index contributed by atoms with van der Waals surface area (Å²) in [5.41, 5.74) is 5.88. The van der Waals surface area contributed by atoms with E-state index in [1.165, 1.54) is 42.4 Å². The topological polar surface area (TPSA) is 12.0 Å². The van der Waals surface area contributed by atoms with E-state index in [1.54, 1.807) is 5.56 Å². The molecule has 1 N–H and O–H groups in total. The lowest BCUT2D eigenvalue weighted by molar-refractivity contribution is 0.548. The minimum atomic E-state index is 0.617. The molecule has 1 rings (SSSR count). The molecular formula is C17H29N. The van der Waals surface area contributed by atoms with E-state index in [2.05, 4.69) is 52.1 Å². The molecule has 102 valence electrons. The van der Waals surface area contributed by atoms with Crippen molar-refractivity contribution < 1.29 is 0 Å². The van der Waals surface area contributed by atoms with Crippen molar-refractivity contribution in [3.63, 3.8) is 0 Å². The van der Waals surface area contributed by atoms with Gasteiger partial charge in [-0.2, -0.15) is 0 Å². The Morgan fingerprint density at radius 2 is 1.56 bits per heavy atom. The van der Waals surface area contributed by atoms with Gasteiger partial charge in [0.2, 0.25) is 0 Å². The molecule has 0 bridgehead atoms. The van der Waals surface area contributed by atoms with Gasteiger partial charge in [0.1, 0.15) is 0 Å². The van der Waals surface area contributed by atoms with Crippen molar-refractivity contribution in [3.8, 4) is 0 Å². The minimum Gasteiger partial charge on any atom is -0.315 e. The summed E-state index contributed by atoms with van der Waals surface area (Å²) in [6, 6.07) is 5.23. The molecule has 0 heterocycles. The smallest absolute Gasteiger partial charge is 0.00103 e. The molecule has 0 radical (unpaired) electrons. The van der Waals surface area contributed by atoms with E-state index < -0.39 is 0 Å². The summed E-state index contributed by atoms with van der Waals surface area (Å²) >= 11 is 0. The number of hydrogen-bond acceptors (Lipinski definition) is 1. The van der Waals surface area contributed by atoms with Crippen LogP contribution in [0, 0.1) is 20.8 Å². The zero-order chi connectivity index (χ0) is 13.5. The van der Waals surface area contributed by atoms with E-state index in [1.807, 2.05) is 0 Å². The van der Waals surface area contributed by atoms with Gasteiger partial charge in [-0.3, -0.25) is 0 Å². The third kappa shape index (κ3) is 5.22. The largest absolute Gasteiger partial charge is 0.315 e. The second-order valence-electron chi connectivity index (χ2n) is 5.80. The highest BCUT2D eigenvalue weighted by Gasteiger charge is 2.03. The van der Waals surface area contributed by atoms with E-state index in [4.69, 9.17) is 0 Å². The van der Waals surface area contributed by atoms with Crippen molar-refractivity contribution in [2.75, 3.05) is 6.54 Å². The molecule has 1 aromatic rings. The summed E-state index contributed by atoms with van der Waals surface area (Å²) < 4.78 is 0. The maximum atomic E-state index is 3.47. The lowest BCUT2D eigenvalue weighted by Crippen LogP contribution is -2.23. The second kappa shape index (κ2) is 7.58. The van der Waals surface area contributed by atoms with Gasteiger partial charge in [-0.25, -0.2) is 0 Å². The van der Waals surface area contributed by atoms with Crippen molar-refractivity contribution in [1.29, 1.82) is 0 Å². The summed E-state index contributed by atoms with van der Waals surface area (Å²) in [6.07, 6.45) is 5.17. The second-order valence-corrected chi connectivity index (χ2v) is 5.80. The van der Waals surface area contributed by atoms with E-state index in [0.29, 0.717) is 6.04 Å². The first-order valence-corrected chi connectivity index (χ1v) is 7.31. The van der Waals surface area contributed by atoms with Crippen LogP contribution in [0.3, 0.4) is 0 Å². The highest BCUT2D eigenvalue weighted by atomic mass is 14.9. The highest BCUT2D eigenvalue weighted by Crippen LogP contribution is 2.18. The predicted octanol–water partition coefficient (Wildman–Crippen LogP) is 4.32. The fourth-order valence-electron chi connectivity index (χ4n) is 2.60. The lowest BCUT2D eigenvalue weighted by atomic mass is 9.95. The number of hydrogen-bond donors (Lipinski definition) is 1. The van der Waals surface area contributed by atoms with Crippen LogP contribution in [0.25, 0.3) is 0 Å². The van der Waals surface area contributed by atoms with Gasteiger partial charge < -0.3 is 5.32 Å². The fraction of sp³-hybridized carbons (Fsp3) is 0.647. The molecule has 0 atom stereocenters. The molecule has 1 heteroatoms. The maximum Gasteiger partial charge on any atom is 0.00103 e. The first-order chi connectivity index (χ1) is 8.50. The average molecular weight is 247 g/mol. The Morgan fingerprint density at radius 1 is 0.944 bits per heavy atom. The first kappa shape index (κ1) is 15.2. The Balaban J connectivity index is 2.31. The van der Waals surface area contributed by atoms with Crippen LogP contribution in [0.2, 0.25) is 0 Å². The predicted molar refractivity (Wildman–Crippen MR) is 81.3 cm³/mol. The molecule has 0 saturated heterocycles. The Morgan fingerprint density at radius 3 is 2.11 bits per heavy atom. The van der Waals surface area contributed by atoms with Crippen molar-refractivity contribution in [3.05, 3.63) is 34.4 Å². The monoisotopic (exact) mass is 247 g/mol. The molecule has 0 spiro atoms. The van der Waals surface area contributed by atoms with Crippen LogP contribution >= 0.6 is 0 Å². The van der Waals surface area contributed by atoms with Gasteiger partial charge in [0.15, 0.2) is 0 Å². The van der Waals surface area contributed by atoms with Gasteiger partial charge in [0.05, 0.1) is 0 Å². The molecule has 0 saturated carbocycles. The van der Waals surface area contributed by atoms with Gasteiger partial charge >= 0.3 is 0 Å². The van der Waals surface area contributed by atoms with Crippen LogP contribution in [-0.2, 0) is 6.42 Å². The summed E-state index contributed by atoms with van der Waals surface area (Å²) in [5.74, 6) is 0. The maximum absolute atomic E-state index is 3.47. The number of nitrogens with one attached hydrogen (secondary N) is 1. The number of unbranched alkanes of at least 4 members (excludes halogenated alkanes) is 2. The van der Waals surface area contributed by atoms with Crippen LogP contribution in [0.15, 0.2) is 12.1 Å². The van der Waals surface area contributed by atoms with Crippen LogP contribution in [-0.4, -0.2) is 12.6 Å². The Labute approximate surface area is 113 Å². The van der Waals surface area contributed by atoms with Crippen molar-refractivity contribution in [1.82, 2.24) is 5.32 Å². The van der Waals surface area contributed by atoms with Gasteiger partial charge in [-0.1, -0.05) is 38.0 Å². The van der Waals surface area contributed by atoms with Gasteiger partial charge in [-0.15, -0.1) is 0 Å². The molecule has 18 heavy (non-hydrogen) atoms. The zero-order valence-electron chi connectivity index (χ0n) is 12.8. The van der Waals surface area contributed by atoms with E-state index in [-0.39, 0.29) is 0 Å². The standard InChI is InChI=1S/C17H29N/c1-13(2)18-10-8-6-7-9-17-15(4)11-14(3)12-16(17)5/h11-13,18H,6-10H2,1-5H3. The number of benzene rings is 1. The third-order valence-electron chi connectivity index (χ3n) is 3.50. The Hall–Kier alpha value is -0.820. The van der Waals surface area contributed by atoms with Crippen molar-refractivity contribution in [2.24, 2.45) is 0 Å². The lowest BCUT2D eigenvalue weighted by Gasteiger charge is -2.11. The fourth-order valence-corrected chi connectivity index (χ4v) is 2.60. The third-order valence-corrected chi connectivity index (χ3v) is 3.50. The van der Waals surface area contributed by atoms with Crippen LogP contribution < -0.4 is 5.32 Å². The van der Waals surface area contributed by atoms with Crippen LogP contribution in [0.1, 0.15) is 55.4 Å². The Bertz CT molecular complexity index is 343. The molecule has 0 aliphatic carbocycles. The molecule has 0 aliphatic rings. The normalized spacial score (nSPS) is 11.2. The summed E-state index contributed by atoms with van der Waals surface area (Å²) in [6.45, 7) is 12.2. The van der Waals surface area contributed by atoms with Gasteiger partial charge in [-0.05, 0) is 63.3 Å². The molecule has 1 aromatic carbocycles. The summed E-state index contributed by atoms with van der Waals surface area (Å²) in [4.78, 5) is 0. The zero-order valence-corrected chi connectivity index (χ0v) is 12.8. The van der Waals surface area contributed by atoms with Crippen LogP contribution in [0.4, 0.5) is 0 Å². The SMILES string of the molecule is Cc1cc(C)c(CCCCCNC(C)C)c(C)c1.